The second-order valence-electron chi connectivity index (χ2n) is 12.0. The Hall–Kier alpha value is -4.13. The molecule has 0 unspecified atom stereocenters. The average molecular weight is 615 g/mol. The Bertz CT molecular complexity index is 1410. The van der Waals surface area contributed by atoms with Crippen LogP contribution in [0.2, 0.25) is 0 Å². The number of nitrogens with one attached hydrogen (secondary N) is 2. The Morgan fingerprint density at radius 2 is 1.36 bits per heavy atom. The van der Waals surface area contributed by atoms with Gasteiger partial charge in [-0.15, -0.1) is 0 Å². The van der Waals surface area contributed by atoms with Crippen molar-refractivity contribution >= 4 is 29.3 Å². The fourth-order valence-electron chi connectivity index (χ4n) is 5.87. The third kappa shape index (κ3) is 7.75. The van der Waals surface area contributed by atoms with Crippen LogP contribution in [-0.4, -0.2) is 108 Å². The van der Waals surface area contributed by atoms with Gasteiger partial charge in [-0.2, -0.15) is 9.97 Å². The van der Waals surface area contributed by atoms with Crippen molar-refractivity contribution in [2.45, 2.75) is 38.6 Å². The quantitative estimate of drug-likeness (QED) is 0.405. The van der Waals surface area contributed by atoms with Crippen LogP contribution < -0.4 is 15.5 Å². The van der Waals surface area contributed by atoms with E-state index in [1.54, 1.807) is 24.3 Å². The third-order valence-electron chi connectivity index (χ3n) is 8.64. The predicted molar refractivity (Wildman–Crippen MR) is 173 cm³/mol. The smallest absolute Gasteiger partial charge is 0.323 e. The van der Waals surface area contributed by atoms with Gasteiger partial charge >= 0.3 is 6.03 Å². The van der Waals surface area contributed by atoms with E-state index in [0.717, 1.165) is 63.5 Å². The molecule has 3 saturated heterocycles. The van der Waals surface area contributed by atoms with Crippen LogP contribution in [0.4, 0.5) is 22.1 Å². The molecule has 2 aromatic carbocycles. The Kier molecular flexibility index (Phi) is 9.82. The maximum Gasteiger partial charge on any atom is 0.323 e. The van der Waals surface area contributed by atoms with E-state index < -0.39 is 0 Å². The van der Waals surface area contributed by atoms with Gasteiger partial charge in [0.2, 0.25) is 5.95 Å². The molecule has 12 nitrogen and oxygen atoms in total. The molecule has 3 aliphatic heterocycles. The largest absolute Gasteiger partial charge is 0.381 e. The lowest BCUT2D eigenvalue weighted by molar-refractivity contribution is 0.0595. The number of benzene rings is 2. The lowest BCUT2D eigenvalue weighted by Crippen LogP contribution is -2.50. The van der Waals surface area contributed by atoms with Crippen LogP contribution in [0.3, 0.4) is 0 Å². The number of morpholine rings is 1. The summed E-state index contributed by atoms with van der Waals surface area (Å²) in [5, 5.41) is 5.73. The van der Waals surface area contributed by atoms with Gasteiger partial charge in [0.25, 0.3) is 5.91 Å². The Morgan fingerprint density at radius 3 is 1.98 bits per heavy atom. The molecule has 4 heterocycles. The zero-order valence-corrected chi connectivity index (χ0v) is 26.1. The average Bonchev–Trinajstić information content (AvgIpc) is 3.09. The Balaban J connectivity index is 1.07. The fourth-order valence-corrected chi connectivity index (χ4v) is 5.87. The fraction of sp³-hybridized carbons (Fsp3) is 0.485. The standard InChI is InChI=1S/C33H42N8O4/c1-23(2)39-13-15-40(16-14-39)31(42)26-5-9-28(10-6-26)35-33(43)34-27-7-3-24(4-8-27)29-36-30(25-11-19-44-20-12-25)38-32(37-29)41-17-21-45-22-18-41/h3-10,23,25H,11-22H2,1-2H3,(H2,34,35,43). The number of nitrogens with zero attached hydrogens (tertiary/aromatic N) is 6. The number of amides is 3. The highest BCUT2D eigenvalue weighted by molar-refractivity contribution is 6.00. The zero-order chi connectivity index (χ0) is 31.2. The molecule has 3 fully saturated rings. The topological polar surface area (TPSA) is 125 Å². The van der Waals surface area contributed by atoms with Crippen molar-refractivity contribution in [1.82, 2.24) is 24.8 Å². The molecule has 0 radical (unpaired) electrons. The second-order valence-corrected chi connectivity index (χ2v) is 12.0. The number of rotatable bonds is 7. The summed E-state index contributed by atoms with van der Waals surface area (Å²) in [6.07, 6.45) is 1.78. The van der Waals surface area contributed by atoms with E-state index in [1.165, 1.54) is 0 Å². The zero-order valence-electron chi connectivity index (χ0n) is 26.1. The first-order chi connectivity index (χ1) is 21.9. The van der Waals surface area contributed by atoms with Crippen LogP contribution in [0, 0.1) is 0 Å². The third-order valence-corrected chi connectivity index (χ3v) is 8.64. The molecule has 1 aromatic heterocycles. The summed E-state index contributed by atoms with van der Waals surface area (Å²) >= 11 is 0. The Morgan fingerprint density at radius 1 is 0.756 bits per heavy atom. The lowest BCUT2D eigenvalue weighted by Gasteiger charge is -2.37. The summed E-state index contributed by atoms with van der Waals surface area (Å²) in [4.78, 5) is 46.7. The van der Waals surface area contributed by atoms with Crippen molar-refractivity contribution in [3.8, 4) is 11.4 Å². The first-order valence-corrected chi connectivity index (χ1v) is 15.9. The van der Waals surface area contributed by atoms with Gasteiger partial charge in [-0.3, -0.25) is 9.69 Å². The molecule has 0 aliphatic carbocycles. The van der Waals surface area contributed by atoms with Gasteiger partial charge in [-0.05, 0) is 75.2 Å². The van der Waals surface area contributed by atoms with Crippen LogP contribution in [0.15, 0.2) is 48.5 Å². The molecule has 0 spiro atoms. The number of ether oxygens (including phenoxy) is 2. The Labute approximate surface area is 264 Å². The molecule has 0 atom stereocenters. The summed E-state index contributed by atoms with van der Waals surface area (Å²) in [5.41, 5.74) is 2.70. The summed E-state index contributed by atoms with van der Waals surface area (Å²) < 4.78 is 11.1. The number of piperazine rings is 1. The van der Waals surface area contributed by atoms with Gasteiger partial charge in [-0.1, -0.05) is 0 Å². The normalized spacial score (nSPS) is 18.2. The molecule has 3 aliphatic rings. The molecule has 12 heteroatoms. The van der Waals surface area contributed by atoms with E-state index in [0.29, 0.717) is 61.2 Å². The highest BCUT2D eigenvalue weighted by Gasteiger charge is 2.25. The van der Waals surface area contributed by atoms with Crippen LogP contribution in [0.1, 0.15) is 48.8 Å². The van der Waals surface area contributed by atoms with Gasteiger partial charge < -0.3 is 29.9 Å². The predicted octanol–water partition coefficient (Wildman–Crippen LogP) is 4.08. The molecule has 2 N–H and O–H groups in total. The summed E-state index contributed by atoms with van der Waals surface area (Å²) in [6.45, 7) is 11.7. The molecule has 45 heavy (non-hydrogen) atoms. The molecule has 3 aromatic rings. The number of urea groups is 1. The number of hydrogen-bond donors (Lipinski definition) is 2. The maximum atomic E-state index is 13.0. The monoisotopic (exact) mass is 614 g/mol. The van der Waals surface area contributed by atoms with E-state index in [9.17, 15) is 9.59 Å². The number of aromatic nitrogens is 3. The molecule has 238 valence electrons. The van der Waals surface area contributed by atoms with Gasteiger partial charge in [0.15, 0.2) is 5.82 Å². The minimum absolute atomic E-state index is 0.0182. The first kappa shape index (κ1) is 30.9. The highest BCUT2D eigenvalue weighted by Crippen LogP contribution is 2.28. The van der Waals surface area contributed by atoms with Crippen LogP contribution in [0.25, 0.3) is 11.4 Å². The summed E-state index contributed by atoms with van der Waals surface area (Å²) in [7, 11) is 0. The van der Waals surface area contributed by atoms with Crippen molar-refractivity contribution in [2.75, 3.05) is 81.2 Å². The van der Waals surface area contributed by atoms with Crippen molar-refractivity contribution in [3.05, 3.63) is 59.9 Å². The van der Waals surface area contributed by atoms with E-state index in [4.69, 9.17) is 24.4 Å². The van der Waals surface area contributed by atoms with Crippen molar-refractivity contribution < 1.29 is 19.1 Å². The first-order valence-electron chi connectivity index (χ1n) is 15.9. The van der Waals surface area contributed by atoms with E-state index in [1.807, 2.05) is 29.2 Å². The molecular formula is C33H42N8O4. The number of carbonyl (C=O) groups is 2. The van der Waals surface area contributed by atoms with E-state index in [-0.39, 0.29) is 17.9 Å². The van der Waals surface area contributed by atoms with Crippen molar-refractivity contribution in [1.29, 1.82) is 0 Å². The van der Waals surface area contributed by atoms with Crippen LogP contribution in [-0.2, 0) is 9.47 Å². The molecule has 3 amide bonds. The van der Waals surface area contributed by atoms with Gasteiger partial charge in [0.05, 0.1) is 13.2 Å². The second kappa shape index (κ2) is 14.3. The summed E-state index contributed by atoms with van der Waals surface area (Å²) in [6, 6.07) is 14.6. The minimum Gasteiger partial charge on any atom is -0.381 e. The van der Waals surface area contributed by atoms with Gasteiger partial charge in [0.1, 0.15) is 5.82 Å². The number of hydrogen-bond acceptors (Lipinski definition) is 9. The van der Waals surface area contributed by atoms with E-state index >= 15 is 0 Å². The highest BCUT2D eigenvalue weighted by atomic mass is 16.5. The SMILES string of the molecule is CC(C)N1CCN(C(=O)c2ccc(NC(=O)Nc3ccc(-c4nc(C5CCOCC5)nc(N5CCOCC5)n4)cc3)cc2)CC1. The summed E-state index contributed by atoms with van der Waals surface area (Å²) in [5.74, 6) is 2.34. The van der Waals surface area contributed by atoms with Gasteiger partial charge in [0, 0.05) is 86.9 Å². The molecule has 0 bridgehead atoms. The van der Waals surface area contributed by atoms with Crippen molar-refractivity contribution in [2.24, 2.45) is 0 Å². The molecule has 6 rings (SSSR count). The minimum atomic E-state index is -0.372. The number of carbonyl (C=O) groups excluding carboxylic acids is 2. The molecule has 0 saturated carbocycles. The lowest BCUT2D eigenvalue weighted by atomic mass is 9.99. The number of anilines is 3. The van der Waals surface area contributed by atoms with E-state index in [2.05, 4.69) is 34.3 Å². The van der Waals surface area contributed by atoms with Gasteiger partial charge in [-0.25, -0.2) is 9.78 Å². The van der Waals surface area contributed by atoms with Crippen molar-refractivity contribution in [3.63, 3.8) is 0 Å². The van der Waals surface area contributed by atoms with Crippen LogP contribution >= 0.6 is 0 Å². The van der Waals surface area contributed by atoms with Crippen LogP contribution in [0.5, 0.6) is 0 Å². The maximum absolute atomic E-state index is 13.0. The molecular weight excluding hydrogens is 572 g/mol.